The number of anilines is 1. The van der Waals surface area contributed by atoms with Crippen molar-refractivity contribution in [2.75, 3.05) is 11.9 Å². The van der Waals surface area contributed by atoms with Crippen LogP contribution in [0.15, 0.2) is 0 Å². The van der Waals surface area contributed by atoms with Crippen molar-refractivity contribution in [1.29, 1.82) is 0 Å². The van der Waals surface area contributed by atoms with Crippen LogP contribution >= 0.6 is 11.3 Å². The number of nitrogens with one attached hydrogen (secondary N) is 1. The van der Waals surface area contributed by atoms with E-state index < -0.39 is 5.97 Å². The van der Waals surface area contributed by atoms with Gasteiger partial charge < -0.3 is 10.4 Å². The number of thiazole rings is 1. The maximum atomic E-state index is 11.1. The van der Waals surface area contributed by atoms with E-state index in [1.807, 2.05) is 0 Å². The average molecular weight is 278 g/mol. The monoisotopic (exact) mass is 278 g/mol. The Morgan fingerprint density at radius 1 is 1.42 bits per heavy atom. The van der Waals surface area contributed by atoms with E-state index in [9.17, 15) is 4.79 Å². The minimum atomic E-state index is -0.729. The highest BCUT2D eigenvalue weighted by atomic mass is 32.1. The van der Waals surface area contributed by atoms with Gasteiger partial charge in [0.1, 0.15) is 5.92 Å². The third-order valence-corrected chi connectivity index (χ3v) is 6.03. The third-order valence-electron chi connectivity index (χ3n) is 4.94. The summed E-state index contributed by atoms with van der Waals surface area (Å²) in [7, 11) is 0. The van der Waals surface area contributed by atoms with Crippen molar-refractivity contribution in [3.05, 3.63) is 10.6 Å². The van der Waals surface area contributed by atoms with Crippen LogP contribution in [0.5, 0.6) is 0 Å². The predicted molar refractivity (Wildman–Crippen MR) is 73.7 cm³/mol. The summed E-state index contributed by atoms with van der Waals surface area (Å²) in [5, 5.41) is 13.6. The molecule has 3 aliphatic rings. The first-order valence-corrected chi connectivity index (χ1v) is 7.96. The summed E-state index contributed by atoms with van der Waals surface area (Å²) in [6, 6.07) is 0. The van der Waals surface area contributed by atoms with Crippen LogP contribution in [0, 0.1) is 11.3 Å². The lowest BCUT2D eigenvalue weighted by molar-refractivity contribution is -0.138. The second-order valence-electron chi connectivity index (χ2n) is 6.25. The molecule has 1 aromatic rings. The number of aryl methyl sites for hydroxylation is 1. The van der Waals surface area contributed by atoms with Crippen LogP contribution < -0.4 is 5.32 Å². The number of nitrogens with zero attached hydrogens (tertiary/aromatic N) is 1. The Hall–Kier alpha value is -1.10. The lowest BCUT2D eigenvalue weighted by Crippen LogP contribution is -2.17. The van der Waals surface area contributed by atoms with E-state index >= 15 is 0 Å². The van der Waals surface area contributed by atoms with E-state index in [2.05, 4.69) is 10.3 Å². The molecule has 1 heterocycles. The van der Waals surface area contributed by atoms with Gasteiger partial charge in [-0.1, -0.05) is 0 Å². The molecular weight excluding hydrogens is 260 g/mol. The molecule has 19 heavy (non-hydrogen) atoms. The molecule has 0 bridgehead atoms. The highest BCUT2D eigenvalue weighted by molar-refractivity contribution is 7.15. The van der Waals surface area contributed by atoms with Crippen LogP contribution in [0.1, 0.15) is 48.6 Å². The maximum absolute atomic E-state index is 11.1. The fourth-order valence-electron chi connectivity index (χ4n) is 3.38. The summed E-state index contributed by atoms with van der Waals surface area (Å²) in [4.78, 5) is 16.8. The zero-order valence-electron chi connectivity index (χ0n) is 10.8. The van der Waals surface area contributed by atoms with Gasteiger partial charge >= 0.3 is 5.97 Å². The Morgan fingerprint density at radius 2 is 2.21 bits per heavy atom. The number of fused-ring (bicyclic) bond motifs is 1. The van der Waals surface area contributed by atoms with Gasteiger partial charge in [-0.05, 0) is 49.9 Å². The minimum Gasteiger partial charge on any atom is -0.481 e. The minimum absolute atomic E-state index is 0.375. The van der Waals surface area contributed by atoms with Crippen LogP contribution in [-0.2, 0) is 11.2 Å². The maximum Gasteiger partial charge on any atom is 0.312 e. The van der Waals surface area contributed by atoms with E-state index in [4.69, 9.17) is 5.11 Å². The van der Waals surface area contributed by atoms with Gasteiger partial charge in [0.2, 0.25) is 0 Å². The van der Waals surface area contributed by atoms with Gasteiger partial charge in [-0.25, -0.2) is 4.98 Å². The van der Waals surface area contributed by atoms with E-state index in [-0.39, 0.29) is 5.92 Å². The molecule has 1 atom stereocenters. The van der Waals surface area contributed by atoms with Crippen molar-refractivity contribution in [2.45, 2.75) is 44.4 Å². The molecule has 1 aromatic heterocycles. The Balaban J connectivity index is 1.45. The molecule has 3 aliphatic carbocycles. The lowest BCUT2D eigenvalue weighted by atomic mass is 10.0. The lowest BCUT2D eigenvalue weighted by Gasteiger charge is -2.14. The molecule has 2 fully saturated rings. The van der Waals surface area contributed by atoms with Crippen molar-refractivity contribution >= 4 is 22.4 Å². The largest absolute Gasteiger partial charge is 0.481 e. The van der Waals surface area contributed by atoms with Crippen LogP contribution in [0.4, 0.5) is 5.13 Å². The summed E-state index contributed by atoms with van der Waals surface area (Å²) >= 11 is 1.66. The Morgan fingerprint density at radius 3 is 2.84 bits per heavy atom. The summed E-state index contributed by atoms with van der Waals surface area (Å²) in [5.74, 6) is -0.161. The van der Waals surface area contributed by atoms with Crippen molar-refractivity contribution in [3.63, 3.8) is 0 Å². The smallest absolute Gasteiger partial charge is 0.312 e. The average Bonchev–Trinajstić information content (AvgIpc) is 3.24. The van der Waals surface area contributed by atoms with Crippen LogP contribution in [0.25, 0.3) is 0 Å². The highest BCUT2D eigenvalue weighted by Crippen LogP contribution is 2.61. The normalized spacial score (nSPS) is 27.1. The standard InChI is InChI=1S/C14H18N2O2S/c17-12(18)9-3-4-10-11(9)16-13(19-10)15-7-14(5-6-14)8-1-2-8/h8-9H,1-7H2,(H,15,16)(H,17,18). The first-order valence-electron chi connectivity index (χ1n) is 7.14. The van der Waals surface area contributed by atoms with Crippen molar-refractivity contribution in [2.24, 2.45) is 11.3 Å². The molecule has 5 heteroatoms. The number of carboxylic acid groups (broad SMARTS) is 1. The number of rotatable bonds is 5. The van der Waals surface area contributed by atoms with Gasteiger partial charge in [0.15, 0.2) is 5.13 Å². The van der Waals surface area contributed by atoms with Crippen LogP contribution in [-0.4, -0.2) is 22.6 Å². The molecule has 102 valence electrons. The number of aliphatic carboxylic acids is 1. The van der Waals surface area contributed by atoms with E-state index in [1.54, 1.807) is 11.3 Å². The Bertz CT molecular complexity index is 532. The molecule has 0 amide bonds. The Kier molecular flexibility index (Phi) is 2.43. The number of hydrogen-bond acceptors (Lipinski definition) is 4. The van der Waals surface area contributed by atoms with E-state index in [1.165, 1.54) is 30.6 Å². The van der Waals surface area contributed by atoms with Gasteiger partial charge in [0.25, 0.3) is 0 Å². The second kappa shape index (κ2) is 3.95. The molecule has 0 saturated heterocycles. The summed E-state index contributed by atoms with van der Waals surface area (Å²) < 4.78 is 0. The van der Waals surface area contributed by atoms with Crippen LogP contribution in [0.3, 0.4) is 0 Å². The highest BCUT2D eigenvalue weighted by Gasteiger charge is 2.53. The number of hydrogen-bond donors (Lipinski definition) is 2. The molecule has 0 aromatic carbocycles. The van der Waals surface area contributed by atoms with Gasteiger partial charge in [-0.15, -0.1) is 11.3 Å². The van der Waals surface area contributed by atoms with Crippen molar-refractivity contribution in [1.82, 2.24) is 4.98 Å². The summed E-state index contributed by atoms with van der Waals surface area (Å²) in [6.45, 7) is 1.03. The molecule has 4 rings (SSSR count). The second-order valence-corrected chi connectivity index (χ2v) is 7.33. The van der Waals surface area contributed by atoms with E-state index in [0.717, 1.165) is 36.1 Å². The molecule has 2 N–H and O–H groups in total. The van der Waals surface area contributed by atoms with E-state index in [0.29, 0.717) is 5.41 Å². The van der Waals surface area contributed by atoms with Gasteiger partial charge in [-0.3, -0.25) is 4.79 Å². The zero-order chi connectivity index (χ0) is 13.0. The fraction of sp³-hybridized carbons (Fsp3) is 0.714. The topological polar surface area (TPSA) is 62.2 Å². The molecule has 0 aliphatic heterocycles. The fourth-order valence-corrected chi connectivity index (χ4v) is 4.41. The third kappa shape index (κ3) is 1.95. The molecule has 0 spiro atoms. The predicted octanol–water partition coefficient (Wildman–Crippen LogP) is 2.86. The first-order chi connectivity index (χ1) is 9.18. The summed E-state index contributed by atoms with van der Waals surface area (Å²) in [5.41, 5.74) is 1.37. The van der Waals surface area contributed by atoms with Gasteiger partial charge in [0.05, 0.1) is 5.69 Å². The Labute approximate surface area is 116 Å². The zero-order valence-corrected chi connectivity index (χ0v) is 11.6. The molecule has 0 radical (unpaired) electrons. The van der Waals surface area contributed by atoms with Crippen molar-refractivity contribution in [3.8, 4) is 0 Å². The number of carbonyl (C=O) groups is 1. The van der Waals surface area contributed by atoms with Gasteiger partial charge in [-0.2, -0.15) is 0 Å². The molecule has 2 saturated carbocycles. The quantitative estimate of drug-likeness (QED) is 0.869. The number of carboxylic acids is 1. The molecule has 4 nitrogen and oxygen atoms in total. The molecular formula is C14H18N2O2S. The summed E-state index contributed by atoms with van der Waals surface area (Å²) in [6.07, 6.45) is 7.10. The van der Waals surface area contributed by atoms with Crippen LogP contribution in [0.2, 0.25) is 0 Å². The van der Waals surface area contributed by atoms with Crippen molar-refractivity contribution < 1.29 is 9.90 Å². The van der Waals surface area contributed by atoms with Gasteiger partial charge in [0, 0.05) is 11.4 Å². The number of aromatic nitrogens is 1. The SMILES string of the molecule is O=C(O)C1CCc2sc(NCC3(C4CC4)CC3)nc21. The molecule has 1 unspecified atom stereocenters. The first kappa shape index (κ1) is 11.7.